The molecule has 282 valence electrons. The molecule has 56 heavy (non-hydrogen) atoms. The lowest BCUT2D eigenvalue weighted by Gasteiger charge is -2.18. The van der Waals surface area contributed by atoms with Crippen LogP contribution in [0.1, 0.15) is 71.1 Å². The van der Waals surface area contributed by atoms with Crippen LogP contribution in [0.5, 0.6) is 17.2 Å². The number of nitrogens with zero attached hydrogens (tertiary/aromatic N) is 2. The van der Waals surface area contributed by atoms with E-state index < -0.39 is 0 Å². The van der Waals surface area contributed by atoms with Crippen LogP contribution in [0.15, 0.2) is 127 Å². The van der Waals surface area contributed by atoms with Gasteiger partial charge in [0.1, 0.15) is 17.2 Å². The van der Waals surface area contributed by atoms with Gasteiger partial charge in [0.2, 0.25) is 0 Å². The number of aromatic hydroxyl groups is 1. The molecule has 5 nitrogen and oxygen atoms in total. The number of phenolic OH excluding ortho intramolecular Hbond substituents is 1. The fourth-order valence-corrected chi connectivity index (χ4v) is 8.16. The van der Waals surface area contributed by atoms with Crippen LogP contribution < -0.4 is 9.47 Å². The minimum atomic E-state index is 0.133. The molecule has 0 fully saturated rings. The van der Waals surface area contributed by atoms with Crippen molar-refractivity contribution in [3.63, 3.8) is 0 Å². The lowest BCUT2D eigenvalue weighted by Crippen LogP contribution is -1.99. The van der Waals surface area contributed by atoms with E-state index in [4.69, 9.17) is 19.4 Å². The Morgan fingerprint density at radius 3 is 1.77 bits per heavy atom. The molecule has 0 unspecified atom stereocenters. The second kappa shape index (κ2) is 17.2. The molecule has 0 saturated carbocycles. The zero-order chi connectivity index (χ0) is 38.3. The Bertz CT molecular complexity index is 2560. The molecule has 0 atom stereocenters. The van der Waals surface area contributed by atoms with Crippen LogP contribution in [0.2, 0.25) is 0 Å². The Labute approximate surface area is 330 Å². The molecule has 0 radical (unpaired) electrons. The predicted octanol–water partition coefficient (Wildman–Crippen LogP) is 14.1. The Kier molecular flexibility index (Phi) is 11.4. The fraction of sp³-hybridized carbons (Fsp3) is 0.255. The molecule has 1 aromatic heterocycles. The number of aromatic nitrogens is 2. The summed E-state index contributed by atoms with van der Waals surface area (Å²) < 4.78 is 11.9. The quantitative estimate of drug-likeness (QED) is 0.0744. The average molecular weight is 739 g/mol. The zero-order valence-electron chi connectivity index (χ0n) is 32.6. The van der Waals surface area contributed by atoms with E-state index in [0.29, 0.717) is 29.4 Å². The van der Waals surface area contributed by atoms with E-state index in [1.165, 1.54) is 78.3 Å². The molecule has 0 amide bonds. The molecule has 7 aromatic carbocycles. The highest BCUT2D eigenvalue weighted by atomic mass is 16.5. The van der Waals surface area contributed by atoms with Crippen LogP contribution in [0.25, 0.3) is 77.3 Å². The average Bonchev–Trinajstić information content (AvgIpc) is 3.24. The van der Waals surface area contributed by atoms with Crippen molar-refractivity contribution in [1.29, 1.82) is 0 Å². The summed E-state index contributed by atoms with van der Waals surface area (Å²) in [6, 6.07) is 43.4. The normalized spacial score (nSPS) is 11.5. The third-order valence-corrected chi connectivity index (χ3v) is 11.1. The number of hydrogen-bond acceptors (Lipinski definition) is 5. The minimum Gasteiger partial charge on any atom is -0.507 e. The van der Waals surface area contributed by atoms with Crippen molar-refractivity contribution in [3.05, 3.63) is 127 Å². The molecule has 0 spiro atoms. The summed E-state index contributed by atoms with van der Waals surface area (Å²) in [6.45, 7) is 2.91. The maximum absolute atomic E-state index is 11.4. The molecule has 0 bridgehead atoms. The molecule has 0 aliphatic rings. The molecule has 0 aliphatic heterocycles. The smallest absolute Gasteiger partial charge is 0.160 e. The number of hydrogen-bond donors (Lipinski definition) is 1. The summed E-state index contributed by atoms with van der Waals surface area (Å²) in [7, 11) is 1.72. The van der Waals surface area contributed by atoms with Gasteiger partial charge in [0.25, 0.3) is 0 Å². The van der Waals surface area contributed by atoms with Gasteiger partial charge in [-0.05, 0) is 68.6 Å². The van der Waals surface area contributed by atoms with Gasteiger partial charge in [-0.1, -0.05) is 162 Å². The third kappa shape index (κ3) is 7.77. The highest BCUT2D eigenvalue weighted by Gasteiger charge is 2.19. The maximum atomic E-state index is 11.4. The van der Waals surface area contributed by atoms with Crippen molar-refractivity contribution in [1.82, 2.24) is 9.97 Å². The number of ether oxygens (including phenoxy) is 2. The number of benzene rings is 7. The van der Waals surface area contributed by atoms with Crippen LogP contribution in [-0.4, -0.2) is 28.8 Å². The van der Waals surface area contributed by atoms with Gasteiger partial charge in [0.15, 0.2) is 5.82 Å². The predicted molar refractivity (Wildman–Crippen MR) is 233 cm³/mol. The summed E-state index contributed by atoms with van der Waals surface area (Å²) in [5.41, 5.74) is 6.19. The van der Waals surface area contributed by atoms with E-state index in [9.17, 15) is 5.11 Å². The van der Waals surface area contributed by atoms with E-state index in [-0.39, 0.29) is 5.75 Å². The number of phenols is 1. The lowest BCUT2D eigenvalue weighted by atomic mass is 9.87. The molecule has 0 aliphatic carbocycles. The fourth-order valence-electron chi connectivity index (χ4n) is 8.16. The van der Waals surface area contributed by atoms with Gasteiger partial charge in [-0.15, -0.1) is 0 Å². The van der Waals surface area contributed by atoms with Crippen LogP contribution in [-0.2, 0) is 0 Å². The first kappa shape index (κ1) is 37.0. The molecule has 8 aromatic rings. The second-order valence-corrected chi connectivity index (χ2v) is 14.9. The first-order valence-electron chi connectivity index (χ1n) is 20.4. The molecule has 1 N–H and O–H groups in total. The number of para-hydroxylation sites is 1. The van der Waals surface area contributed by atoms with Crippen LogP contribution in [0.4, 0.5) is 0 Å². The Morgan fingerprint density at radius 1 is 0.518 bits per heavy atom. The summed E-state index contributed by atoms with van der Waals surface area (Å²) in [4.78, 5) is 10.2. The molecule has 8 rings (SSSR count). The van der Waals surface area contributed by atoms with Crippen LogP contribution >= 0.6 is 0 Å². The van der Waals surface area contributed by atoms with Crippen molar-refractivity contribution < 1.29 is 14.6 Å². The number of methoxy groups -OCH3 is 1. The van der Waals surface area contributed by atoms with E-state index in [2.05, 4.69) is 67.6 Å². The molecule has 0 saturated heterocycles. The Morgan fingerprint density at radius 2 is 1.09 bits per heavy atom. The van der Waals surface area contributed by atoms with E-state index in [0.717, 1.165) is 51.9 Å². The molecule has 5 heteroatoms. The highest BCUT2D eigenvalue weighted by Crippen LogP contribution is 2.44. The molecule has 1 heterocycles. The number of unbranched alkanes of at least 4 members (excludes halogenated alkanes) is 9. The largest absolute Gasteiger partial charge is 0.507 e. The Hall–Kier alpha value is -5.94. The van der Waals surface area contributed by atoms with Crippen LogP contribution in [0, 0.1) is 0 Å². The lowest BCUT2D eigenvalue weighted by molar-refractivity contribution is 0.302. The van der Waals surface area contributed by atoms with E-state index in [1.54, 1.807) is 13.2 Å². The van der Waals surface area contributed by atoms with Gasteiger partial charge in [0.05, 0.1) is 25.1 Å². The first-order chi connectivity index (χ1) is 27.6. The van der Waals surface area contributed by atoms with Crippen molar-refractivity contribution >= 4 is 32.3 Å². The third-order valence-electron chi connectivity index (χ3n) is 11.1. The summed E-state index contributed by atoms with van der Waals surface area (Å²) in [5.74, 6) is 2.25. The van der Waals surface area contributed by atoms with Gasteiger partial charge in [-0.3, -0.25) is 0 Å². The van der Waals surface area contributed by atoms with Crippen molar-refractivity contribution in [2.45, 2.75) is 71.1 Å². The van der Waals surface area contributed by atoms with Crippen molar-refractivity contribution in [2.24, 2.45) is 0 Å². The summed E-state index contributed by atoms with van der Waals surface area (Å²) in [5, 5.41) is 18.5. The van der Waals surface area contributed by atoms with Gasteiger partial charge >= 0.3 is 0 Å². The van der Waals surface area contributed by atoms with Gasteiger partial charge in [-0.2, -0.15) is 0 Å². The van der Waals surface area contributed by atoms with E-state index in [1.807, 2.05) is 60.7 Å². The Balaban J connectivity index is 1.11. The standard InChI is InChI=1S/C51H50N2O3/c1-3-4-5-6-7-8-9-10-11-17-32-56-38-26-31-44(47(54)33-38)46-34-45(52-51(53-46)37-18-13-12-14-19-37)40-28-23-36-24-29-42-39(41-20-15-16-21-48(41)55-2)27-22-35-25-30-43(40)50(36)49(35)42/h12-16,18-31,33-34,54H,3-11,17,32H2,1-2H3. The summed E-state index contributed by atoms with van der Waals surface area (Å²) in [6.07, 6.45) is 12.8. The highest BCUT2D eigenvalue weighted by molar-refractivity contribution is 6.27. The molecular formula is C51H50N2O3. The van der Waals surface area contributed by atoms with Gasteiger partial charge in [0, 0.05) is 28.3 Å². The SMILES string of the molecule is CCCCCCCCCCCCOc1ccc(-c2cc(-c3ccc4ccc5c(-c6ccccc6OC)ccc6ccc3c4c65)nc(-c3ccccc3)n2)c(O)c1. The zero-order valence-corrected chi connectivity index (χ0v) is 32.6. The first-order valence-corrected chi connectivity index (χ1v) is 20.4. The van der Waals surface area contributed by atoms with Crippen molar-refractivity contribution in [3.8, 4) is 62.3 Å². The van der Waals surface area contributed by atoms with Crippen LogP contribution in [0.3, 0.4) is 0 Å². The topological polar surface area (TPSA) is 64.5 Å². The molecular weight excluding hydrogens is 689 g/mol. The maximum Gasteiger partial charge on any atom is 0.160 e. The number of rotatable bonds is 17. The minimum absolute atomic E-state index is 0.133. The monoisotopic (exact) mass is 738 g/mol. The summed E-state index contributed by atoms with van der Waals surface area (Å²) >= 11 is 0. The van der Waals surface area contributed by atoms with Gasteiger partial charge in [-0.25, -0.2) is 9.97 Å². The second-order valence-electron chi connectivity index (χ2n) is 14.9. The van der Waals surface area contributed by atoms with Crippen molar-refractivity contribution in [2.75, 3.05) is 13.7 Å². The van der Waals surface area contributed by atoms with E-state index >= 15 is 0 Å². The van der Waals surface area contributed by atoms with Gasteiger partial charge < -0.3 is 14.6 Å².